The third-order valence-electron chi connectivity index (χ3n) is 5.40. The van der Waals surface area contributed by atoms with Gasteiger partial charge in [0.15, 0.2) is 0 Å². The first kappa shape index (κ1) is 18.7. The summed E-state index contributed by atoms with van der Waals surface area (Å²) in [6.07, 6.45) is 9.59. The highest BCUT2D eigenvalue weighted by Crippen LogP contribution is 2.22. The monoisotopic (exact) mass is 380 g/mol. The summed E-state index contributed by atoms with van der Waals surface area (Å²) in [5.41, 5.74) is 3.39. The first-order valence-electron chi connectivity index (χ1n) is 10.2. The van der Waals surface area contributed by atoms with Gasteiger partial charge in [0.1, 0.15) is 0 Å². The van der Waals surface area contributed by atoms with Crippen molar-refractivity contribution in [3.8, 4) is 0 Å². The van der Waals surface area contributed by atoms with Crippen molar-refractivity contribution >= 4 is 23.0 Å². The second-order valence-electron chi connectivity index (χ2n) is 7.53. The molecule has 1 amide bonds. The lowest BCUT2D eigenvalue weighted by Gasteiger charge is -2.28. The molecule has 0 saturated carbocycles. The van der Waals surface area contributed by atoms with Crippen molar-refractivity contribution in [3.05, 3.63) is 48.3 Å². The number of benzene rings is 1. The summed E-state index contributed by atoms with van der Waals surface area (Å²) in [5, 5.41) is 6.28. The fraction of sp³-hybridized carbons (Fsp3) is 0.455. The zero-order chi connectivity index (χ0) is 19.2. The summed E-state index contributed by atoms with van der Waals surface area (Å²) in [6, 6.07) is 9.93. The summed E-state index contributed by atoms with van der Waals surface area (Å²) < 4.78 is 5.62. The maximum absolute atomic E-state index is 12.6. The molecular weight excluding hydrogens is 352 g/mol. The summed E-state index contributed by atoms with van der Waals surface area (Å²) >= 11 is 0. The van der Waals surface area contributed by atoms with E-state index in [0.717, 1.165) is 50.5 Å². The first-order valence-corrected chi connectivity index (χ1v) is 10.2. The van der Waals surface area contributed by atoms with E-state index in [9.17, 15) is 4.79 Å². The molecule has 3 heterocycles. The van der Waals surface area contributed by atoms with Crippen LogP contribution in [0, 0.1) is 0 Å². The maximum Gasteiger partial charge on any atom is 0.257 e. The number of hydrogen-bond donors (Lipinski definition) is 2. The van der Waals surface area contributed by atoms with E-state index in [0.29, 0.717) is 5.56 Å². The number of piperidine rings is 1. The van der Waals surface area contributed by atoms with Gasteiger partial charge < -0.3 is 20.3 Å². The number of hydrogen-bond acceptors (Lipinski definition) is 5. The van der Waals surface area contributed by atoms with Crippen LogP contribution in [0.3, 0.4) is 0 Å². The molecule has 1 atom stereocenters. The Morgan fingerprint density at radius 2 is 1.89 bits per heavy atom. The normalized spacial score (nSPS) is 19.4. The summed E-state index contributed by atoms with van der Waals surface area (Å²) in [5.74, 6) is -0.154. The molecule has 6 heteroatoms. The number of nitrogens with zero attached hydrogens (tertiary/aromatic N) is 2. The Hall–Kier alpha value is -2.60. The Kier molecular flexibility index (Phi) is 6.07. The van der Waals surface area contributed by atoms with Crippen LogP contribution in [0.1, 0.15) is 42.5 Å². The fourth-order valence-corrected chi connectivity index (χ4v) is 3.81. The van der Waals surface area contributed by atoms with Crippen molar-refractivity contribution < 1.29 is 9.53 Å². The Labute approximate surface area is 166 Å². The number of anilines is 3. The standard InChI is InChI=1S/C22H28N4O2/c27-22(17-13-19(15-23-14-17)24-16-21-5-4-12-28-21)25-18-6-8-20(9-7-18)26-10-2-1-3-11-26/h6-9,13-15,21,24H,1-5,10-12,16H2,(H,25,27). The zero-order valence-electron chi connectivity index (χ0n) is 16.2. The largest absolute Gasteiger partial charge is 0.381 e. The lowest BCUT2D eigenvalue weighted by molar-refractivity contribution is 0.102. The molecule has 28 heavy (non-hydrogen) atoms. The third-order valence-corrected chi connectivity index (χ3v) is 5.40. The number of rotatable bonds is 6. The number of aromatic nitrogens is 1. The van der Waals surface area contributed by atoms with Gasteiger partial charge in [-0.3, -0.25) is 9.78 Å². The molecule has 1 unspecified atom stereocenters. The van der Waals surface area contributed by atoms with Gasteiger partial charge in [-0.1, -0.05) is 0 Å². The van der Waals surface area contributed by atoms with Crippen molar-refractivity contribution in [2.75, 3.05) is 41.8 Å². The Bertz CT molecular complexity index is 781. The lowest BCUT2D eigenvalue weighted by Crippen LogP contribution is -2.29. The number of nitrogens with one attached hydrogen (secondary N) is 2. The minimum atomic E-state index is -0.154. The molecule has 2 N–H and O–H groups in total. The van der Waals surface area contributed by atoms with Gasteiger partial charge in [-0.15, -0.1) is 0 Å². The number of carbonyl (C=O) groups excluding carboxylic acids is 1. The van der Waals surface area contributed by atoms with Gasteiger partial charge in [0.2, 0.25) is 0 Å². The van der Waals surface area contributed by atoms with E-state index in [4.69, 9.17) is 4.74 Å². The van der Waals surface area contributed by atoms with Crippen LogP contribution in [-0.4, -0.2) is 43.2 Å². The van der Waals surface area contributed by atoms with E-state index in [1.54, 1.807) is 12.4 Å². The lowest BCUT2D eigenvalue weighted by atomic mass is 10.1. The highest BCUT2D eigenvalue weighted by Gasteiger charge is 2.15. The van der Waals surface area contributed by atoms with Crippen molar-refractivity contribution in [2.24, 2.45) is 0 Å². The predicted molar refractivity (Wildman–Crippen MR) is 112 cm³/mol. The van der Waals surface area contributed by atoms with Crippen LogP contribution in [0.2, 0.25) is 0 Å². The van der Waals surface area contributed by atoms with E-state index in [-0.39, 0.29) is 12.0 Å². The van der Waals surface area contributed by atoms with Crippen molar-refractivity contribution in [1.82, 2.24) is 4.98 Å². The molecule has 2 fully saturated rings. The molecule has 2 aliphatic heterocycles. The Morgan fingerprint density at radius 1 is 1.07 bits per heavy atom. The SMILES string of the molecule is O=C(Nc1ccc(N2CCCCC2)cc1)c1cncc(NCC2CCCO2)c1. The number of carbonyl (C=O) groups is 1. The van der Waals surface area contributed by atoms with Crippen molar-refractivity contribution in [1.29, 1.82) is 0 Å². The molecule has 2 aliphatic rings. The second-order valence-corrected chi connectivity index (χ2v) is 7.53. The smallest absolute Gasteiger partial charge is 0.257 e. The molecule has 0 bridgehead atoms. The first-order chi connectivity index (χ1) is 13.8. The minimum Gasteiger partial charge on any atom is -0.381 e. The average Bonchev–Trinajstić information content (AvgIpc) is 3.27. The van der Waals surface area contributed by atoms with Crippen LogP contribution in [0.15, 0.2) is 42.7 Å². The number of amides is 1. The van der Waals surface area contributed by atoms with Crippen LogP contribution in [0.25, 0.3) is 0 Å². The maximum atomic E-state index is 12.6. The van der Waals surface area contributed by atoms with Gasteiger partial charge in [0.25, 0.3) is 5.91 Å². The molecule has 4 rings (SSSR count). The number of ether oxygens (including phenoxy) is 1. The predicted octanol–water partition coefficient (Wildman–Crippen LogP) is 3.92. The van der Waals surface area contributed by atoms with Gasteiger partial charge in [-0.05, 0) is 62.4 Å². The molecule has 2 aromatic rings. The van der Waals surface area contributed by atoms with Gasteiger partial charge in [0.05, 0.1) is 17.4 Å². The van der Waals surface area contributed by atoms with Crippen LogP contribution >= 0.6 is 0 Å². The van der Waals surface area contributed by atoms with E-state index < -0.39 is 0 Å². The highest BCUT2D eigenvalue weighted by atomic mass is 16.5. The van der Waals surface area contributed by atoms with Crippen molar-refractivity contribution in [2.45, 2.75) is 38.2 Å². The Balaban J connectivity index is 1.34. The van der Waals surface area contributed by atoms with Crippen LogP contribution in [0.4, 0.5) is 17.1 Å². The van der Waals surface area contributed by atoms with Gasteiger partial charge in [-0.25, -0.2) is 0 Å². The topological polar surface area (TPSA) is 66.5 Å². The zero-order valence-corrected chi connectivity index (χ0v) is 16.2. The van der Waals surface area contributed by atoms with E-state index in [2.05, 4.69) is 32.7 Å². The summed E-state index contributed by atoms with van der Waals surface area (Å²) in [6.45, 7) is 3.81. The molecule has 0 aliphatic carbocycles. The van der Waals surface area contributed by atoms with Crippen LogP contribution < -0.4 is 15.5 Å². The average molecular weight is 380 g/mol. The quantitative estimate of drug-likeness (QED) is 0.795. The van der Waals surface area contributed by atoms with Crippen molar-refractivity contribution in [3.63, 3.8) is 0 Å². The Morgan fingerprint density at radius 3 is 2.64 bits per heavy atom. The second kappa shape index (κ2) is 9.06. The fourth-order valence-electron chi connectivity index (χ4n) is 3.81. The van der Waals surface area contributed by atoms with Gasteiger partial charge in [-0.2, -0.15) is 0 Å². The molecule has 6 nitrogen and oxygen atoms in total. The van der Waals surface area contributed by atoms with Crippen LogP contribution in [0.5, 0.6) is 0 Å². The molecule has 0 spiro atoms. The number of pyridine rings is 1. The highest BCUT2D eigenvalue weighted by molar-refractivity contribution is 6.04. The third kappa shape index (κ3) is 4.81. The molecule has 0 radical (unpaired) electrons. The van der Waals surface area contributed by atoms with E-state index in [1.165, 1.54) is 24.9 Å². The van der Waals surface area contributed by atoms with Gasteiger partial charge in [0, 0.05) is 50.0 Å². The van der Waals surface area contributed by atoms with Gasteiger partial charge >= 0.3 is 0 Å². The molecule has 1 aromatic carbocycles. The molecule has 148 valence electrons. The van der Waals surface area contributed by atoms with E-state index in [1.807, 2.05) is 18.2 Å². The molecule has 2 saturated heterocycles. The summed E-state index contributed by atoms with van der Waals surface area (Å²) in [4.78, 5) is 19.2. The molecular formula is C22H28N4O2. The molecule has 1 aromatic heterocycles. The van der Waals surface area contributed by atoms with Crippen LogP contribution in [-0.2, 0) is 4.74 Å². The summed E-state index contributed by atoms with van der Waals surface area (Å²) in [7, 11) is 0. The minimum absolute atomic E-state index is 0.154. The van der Waals surface area contributed by atoms with E-state index >= 15 is 0 Å².